The number of nitrogens with one attached hydrogen (secondary N) is 1. The van der Waals surface area contributed by atoms with Gasteiger partial charge in [0.2, 0.25) is 0 Å². The third-order valence-electron chi connectivity index (χ3n) is 5.53. The molecular formula is C25H26ClFN4O. The minimum Gasteiger partial charge on any atom is -0.351 e. The molecule has 7 heteroatoms. The molecule has 5 nitrogen and oxygen atoms in total. The Bertz CT molecular complexity index is 1110. The van der Waals surface area contributed by atoms with Gasteiger partial charge in [-0.15, -0.1) is 0 Å². The van der Waals surface area contributed by atoms with Gasteiger partial charge in [0, 0.05) is 42.1 Å². The van der Waals surface area contributed by atoms with E-state index >= 15 is 0 Å². The summed E-state index contributed by atoms with van der Waals surface area (Å²) in [6.07, 6.45) is 3.10. The molecule has 0 spiro atoms. The molecule has 0 aliphatic carbocycles. The predicted molar refractivity (Wildman–Crippen MR) is 126 cm³/mol. The number of nitrogens with zero attached hydrogens (tertiary/aromatic N) is 3. The largest absolute Gasteiger partial charge is 0.351 e. The van der Waals surface area contributed by atoms with Crippen molar-refractivity contribution in [3.8, 4) is 0 Å². The lowest BCUT2D eigenvalue weighted by molar-refractivity contribution is 0.0950. The van der Waals surface area contributed by atoms with Crippen molar-refractivity contribution in [2.24, 2.45) is 0 Å². The van der Waals surface area contributed by atoms with Gasteiger partial charge in [0.15, 0.2) is 0 Å². The fraction of sp³-hybridized carbons (Fsp3) is 0.280. The van der Waals surface area contributed by atoms with Crippen LogP contribution in [0.25, 0.3) is 0 Å². The van der Waals surface area contributed by atoms with Crippen molar-refractivity contribution in [3.63, 3.8) is 0 Å². The molecule has 1 amide bonds. The van der Waals surface area contributed by atoms with Crippen molar-refractivity contribution in [1.29, 1.82) is 0 Å². The number of anilines is 2. The molecule has 0 unspecified atom stereocenters. The zero-order chi connectivity index (χ0) is 22.7. The number of pyridine rings is 1. The summed E-state index contributed by atoms with van der Waals surface area (Å²) in [6.45, 7) is 2.15. The zero-order valence-electron chi connectivity index (χ0n) is 18.2. The van der Waals surface area contributed by atoms with Crippen LogP contribution in [0.3, 0.4) is 0 Å². The number of benzene rings is 2. The maximum atomic E-state index is 13.7. The Morgan fingerprint density at radius 1 is 1.19 bits per heavy atom. The number of amides is 1. The van der Waals surface area contributed by atoms with Crippen molar-refractivity contribution in [1.82, 2.24) is 15.2 Å². The Balaban J connectivity index is 1.54. The quantitative estimate of drug-likeness (QED) is 0.575. The summed E-state index contributed by atoms with van der Waals surface area (Å²) in [6, 6.07) is 14.3. The molecule has 1 aliphatic rings. The van der Waals surface area contributed by atoms with Crippen LogP contribution < -0.4 is 10.2 Å². The summed E-state index contributed by atoms with van der Waals surface area (Å²) in [4.78, 5) is 21.5. The van der Waals surface area contributed by atoms with Gasteiger partial charge < -0.3 is 15.1 Å². The van der Waals surface area contributed by atoms with Crippen LogP contribution >= 0.6 is 11.6 Å². The first-order chi connectivity index (χ1) is 15.4. The number of hydrogen-bond donors (Lipinski definition) is 1. The Morgan fingerprint density at radius 2 is 2.03 bits per heavy atom. The van der Waals surface area contributed by atoms with Crippen LogP contribution in [-0.4, -0.2) is 49.5 Å². The van der Waals surface area contributed by atoms with E-state index in [1.165, 1.54) is 12.1 Å². The smallest absolute Gasteiger partial charge is 0.251 e. The molecule has 0 fully saturated rings. The van der Waals surface area contributed by atoms with Gasteiger partial charge in [-0.3, -0.25) is 4.79 Å². The second-order valence-electron chi connectivity index (χ2n) is 8.24. The molecule has 0 atom stereocenters. The summed E-state index contributed by atoms with van der Waals surface area (Å²) in [7, 11) is 3.96. The molecule has 1 N–H and O–H groups in total. The van der Waals surface area contributed by atoms with Crippen molar-refractivity contribution in [3.05, 3.63) is 87.8 Å². The summed E-state index contributed by atoms with van der Waals surface area (Å²) in [5, 5.41) is 3.39. The normalized spacial score (nSPS) is 12.8. The first kappa shape index (κ1) is 22.2. The molecule has 0 bridgehead atoms. The molecule has 0 saturated carbocycles. The highest BCUT2D eigenvalue weighted by molar-refractivity contribution is 6.30. The zero-order valence-corrected chi connectivity index (χ0v) is 19.0. The Hall–Kier alpha value is -2.96. The lowest BCUT2D eigenvalue weighted by atomic mass is 10.0. The van der Waals surface area contributed by atoms with E-state index in [1.54, 1.807) is 12.3 Å². The number of hydrogen-bond acceptors (Lipinski definition) is 4. The first-order valence-electron chi connectivity index (χ1n) is 10.6. The average molecular weight is 453 g/mol. The van der Waals surface area contributed by atoms with Gasteiger partial charge in [0.05, 0.1) is 0 Å². The average Bonchev–Trinajstić information content (AvgIpc) is 3.17. The van der Waals surface area contributed by atoms with E-state index in [4.69, 9.17) is 11.6 Å². The van der Waals surface area contributed by atoms with Crippen molar-refractivity contribution in [2.75, 3.05) is 38.6 Å². The Labute approximate surface area is 192 Å². The van der Waals surface area contributed by atoms with Gasteiger partial charge >= 0.3 is 0 Å². The van der Waals surface area contributed by atoms with Crippen LogP contribution in [0.1, 0.15) is 27.0 Å². The van der Waals surface area contributed by atoms with E-state index in [-0.39, 0.29) is 11.7 Å². The molecule has 2 heterocycles. The van der Waals surface area contributed by atoms with E-state index in [0.29, 0.717) is 23.6 Å². The Kier molecular flexibility index (Phi) is 6.72. The Morgan fingerprint density at radius 3 is 2.81 bits per heavy atom. The first-order valence-corrected chi connectivity index (χ1v) is 11.0. The van der Waals surface area contributed by atoms with Gasteiger partial charge in [-0.1, -0.05) is 17.7 Å². The third kappa shape index (κ3) is 5.09. The molecule has 0 saturated heterocycles. The number of likely N-dealkylation sites (N-methyl/N-ethyl adjacent to an activating group) is 1. The van der Waals surface area contributed by atoms with E-state index in [1.807, 2.05) is 49.3 Å². The molecule has 1 aliphatic heterocycles. The highest BCUT2D eigenvalue weighted by atomic mass is 35.5. The van der Waals surface area contributed by atoms with E-state index in [2.05, 4.69) is 15.2 Å². The molecule has 3 aromatic rings. The van der Waals surface area contributed by atoms with E-state index in [0.717, 1.165) is 47.7 Å². The number of carbonyl (C=O) groups is 1. The molecule has 0 radical (unpaired) electrons. The lowest BCUT2D eigenvalue weighted by Gasteiger charge is -2.19. The highest BCUT2D eigenvalue weighted by Gasteiger charge is 2.26. The van der Waals surface area contributed by atoms with Gasteiger partial charge in [0.1, 0.15) is 11.6 Å². The number of aromatic nitrogens is 1. The fourth-order valence-electron chi connectivity index (χ4n) is 4.04. The van der Waals surface area contributed by atoms with Crippen LogP contribution in [0, 0.1) is 5.82 Å². The lowest BCUT2D eigenvalue weighted by Crippen LogP contribution is -2.31. The molecular weight excluding hydrogens is 427 g/mol. The van der Waals surface area contributed by atoms with Crippen molar-refractivity contribution in [2.45, 2.75) is 12.8 Å². The maximum Gasteiger partial charge on any atom is 0.251 e. The standard InChI is InChI=1S/C25H26ClFN4O/c1-30(2)11-9-29-25(32)22-4-3-5-23-21(22)7-10-31(23)24-15-17(6-8-28-24)12-18-13-19(26)16-20(27)14-18/h3-6,8,13-16H,7,9-12H2,1-2H3,(H,29,32). The van der Waals surface area contributed by atoms with Gasteiger partial charge in [-0.2, -0.15) is 0 Å². The molecule has 166 valence electrons. The van der Waals surface area contributed by atoms with Crippen molar-refractivity contribution >= 4 is 29.0 Å². The van der Waals surface area contributed by atoms with Crippen LogP contribution in [0.5, 0.6) is 0 Å². The van der Waals surface area contributed by atoms with Gasteiger partial charge in [-0.25, -0.2) is 9.37 Å². The van der Waals surface area contributed by atoms with Gasteiger partial charge in [-0.05, 0) is 86.1 Å². The molecule has 2 aromatic carbocycles. The summed E-state index contributed by atoms with van der Waals surface area (Å²) >= 11 is 6.00. The third-order valence-corrected chi connectivity index (χ3v) is 5.75. The van der Waals surface area contributed by atoms with Crippen LogP contribution in [0.2, 0.25) is 5.02 Å². The topological polar surface area (TPSA) is 48.5 Å². The minimum absolute atomic E-state index is 0.0461. The van der Waals surface area contributed by atoms with Crippen LogP contribution in [-0.2, 0) is 12.8 Å². The van der Waals surface area contributed by atoms with E-state index < -0.39 is 0 Å². The summed E-state index contributed by atoms with van der Waals surface area (Å²) < 4.78 is 13.7. The molecule has 1 aromatic heterocycles. The number of halogens is 2. The number of carbonyl (C=O) groups excluding carboxylic acids is 1. The summed E-state index contributed by atoms with van der Waals surface area (Å²) in [5.41, 5.74) is 4.59. The monoisotopic (exact) mass is 452 g/mol. The van der Waals surface area contributed by atoms with Crippen LogP contribution in [0.15, 0.2) is 54.7 Å². The molecule has 32 heavy (non-hydrogen) atoms. The number of rotatable bonds is 7. The summed E-state index contributed by atoms with van der Waals surface area (Å²) in [5.74, 6) is 0.427. The predicted octanol–water partition coefficient (Wildman–Crippen LogP) is 4.45. The second kappa shape index (κ2) is 9.67. The molecule has 4 rings (SSSR count). The maximum absolute atomic E-state index is 13.7. The van der Waals surface area contributed by atoms with Crippen molar-refractivity contribution < 1.29 is 9.18 Å². The second-order valence-corrected chi connectivity index (χ2v) is 8.68. The number of fused-ring (bicyclic) bond motifs is 1. The van der Waals surface area contributed by atoms with Gasteiger partial charge in [0.25, 0.3) is 5.91 Å². The minimum atomic E-state index is -0.341. The SMILES string of the molecule is CN(C)CCNC(=O)c1cccc2c1CCN2c1cc(Cc2cc(F)cc(Cl)c2)ccn1. The van der Waals surface area contributed by atoms with E-state index in [9.17, 15) is 9.18 Å². The highest BCUT2D eigenvalue weighted by Crippen LogP contribution is 2.36. The van der Waals surface area contributed by atoms with Crippen LogP contribution in [0.4, 0.5) is 15.9 Å². The fourth-order valence-corrected chi connectivity index (χ4v) is 4.28.